The Labute approximate surface area is 168 Å². The molecule has 1 aromatic carbocycles. The molecule has 1 atom stereocenters. The first-order valence-electron chi connectivity index (χ1n) is 7.99. The lowest BCUT2D eigenvalue weighted by atomic mass is 10.2. The first-order chi connectivity index (χ1) is 11.4. The average molecular weight is 491 g/mol. The maximum atomic E-state index is 12.2. The quantitative estimate of drug-likeness (QED) is 0.372. The maximum absolute atomic E-state index is 12.2. The van der Waals surface area contributed by atoms with E-state index in [1.165, 1.54) is 0 Å². The van der Waals surface area contributed by atoms with Gasteiger partial charge in [0, 0.05) is 36.4 Å². The highest BCUT2D eigenvalue weighted by Crippen LogP contribution is 2.23. The second-order valence-corrected chi connectivity index (χ2v) is 6.12. The van der Waals surface area contributed by atoms with Crippen LogP contribution in [-0.2, 0) is 0 Å². The number of benzene rings is 1. The zero-order valence-corrected chi connectivity index (χ0v) is 17.0. The van der Waals surface area contributed by atoms with Crippen LogP contribution in [0, 0.1) is 0 Å². The van der Waals surface area contributed by atoms with Crippen LogP contribution >= 0.6 is 35.6 Å². The predicted octanol–water partition coefficient (Wildman–Crippen LogP) is 4.04. The Morgan fingerprint density at radius 2 is 2.16 bits per heavy atom. The highest BCUT2D eigenvalue weighted by atomic mass is 127. The topological polar surface area (TPSA) is 39.7 Å². The lowest BCUT2D eigenvalue weighted by molar-refractivity contribution is -0.132. The summed E-state index contributed by atoms with van der Waals surface area (Å²) in [5, 5.41) is 6.89. The molecule has 0 saturated carbocycles. The molecule has 1 heterocycles. The third-order valence-electron chi connectivity index (χ3n) is 3.71. The number of nitrogens with zero attached hydrogens (tertiary/aromatic N) is 2. The molecule has 0 spiro atoms. The Bertz CT molecular complexity index is 569. The second kappa shape index (κ2) is 10.3. The van der Waals surface area contributed by atoms with E-state index in [1.54, 1.807) is 0 Å². The van der Waals surface area contributed by atoms with Crippen molar-refractivity contribution in [3.05, 3.63) is 29.3 Å². The zero-order chi connectivity index (χ0) is 17.6. The van der Waals surface area contributed by atoms with Crippen LogP contribution < -0.4 is 15.5 Å². The van der Waals surface area contributed by atoms with Crippen molar-refractivity contribution in [3.8, 4) is 0 Å². The summed E-state index contributed by atoms with van der Waals surface area (Å²) in [7, 11) is 0. The predicted molar refractivity (Wildman–Crippen MR) is 107 cm³/mol. The third kappa shape index (κ3) is 7.89. The molecular formula is C16H23ClF3IN4. The van der Waals surface area contributed by atoms with Gasteiger partial charge in [-0.05, 0) is 31.5 Å². The van der Waals surface area contributed by atoms with E-state index in [-0.39, 0.29) is 36.6 Å². The summed E-state index contributed by atoms with van der Waals surface area (Å²) in [6.07, 6.45) is -4.21. The molecule has 0 radical (unpaired) electrons. The summed E-state index contributed by atoms with van der Waals surface area (Å²) in [4.78, 5) is 6.21. The Morgan fingerprint density at radius 1 is 1.40 bits per heavy atom. The molecule has 25 heavy (non-hydrogen) atoms. The number of anilines is 1. The van der Waals surface area contributed by atoms with Crippen LogP contribution in [0.3, 0.4) is 0 Å². The molecule has 0 aromatic heterocycles. The van der Waals surface area contributed by atoms with E-state index in [1.807, 2.05) is 31.2 Å². The van der Waals surface area contributed by atoms with E-state index in [4.69, 9.17) is 11.6 Å². The largest absolute Gasteiger partial charge is 0.390 e. The SMILES string of the molecule is CCNC(=NCCC(F)(F)F)NC1CCN(c2cccc(Cl)c2)C1.I. The van der Waals surface area contributed by atoms with Gasteiger partial charge in [-0.1, -0.05) is 17.7 Å². The lowest BCUT2D eigenvalue weighted by Gasteiger charge is -2.20. The number of hydrogen-bond acceptors (Lipinski definition) is 2. The van der Waals surface area contributed by atoms with Crippen molar-refractivity contribution < 1.29 is 13.2 Å². The summed E-state index contributed by atoms with van der Waals surface area (Å²) in [5.74, 6) is 0.430. The molecular weight excluding hydrogens is 468 g/mol. The molecule has 1 aliphatic rings. The summed E-state index contributed by atoms with van der Waals surface area (Å²) in [5.41, 5.74) is 1.05. The maximum Gasteiger partial charge on any atom is 0.390 e. The highest BCUT2D eigenvalue weighted by molar-refractivity contribution is 14.0. The Kier molecular flexibility index (Phi) is 9.12. The van der Waals surface area contributed by atoms with E-state index in [0.717, 1.165) is 25.2 Å². The van der Waals surface area contributed by atoms with E-state index in [0.29, 0.717) is 17.5 Å². The summed E-state index contributed by atoms with van der Waals surface area (Å²) >= 11 is 6.02. The van der Waals surface area contributed by atoms with Gasteiger partial charge in [0.15, 0.2) is 5.96 Å². The van der Waals surface area contributed by atoms with Crippen LogP contribution in [0.15, 0.2) is 29.3 Å². The molecule has 0 bridgehead atoms. The Hall–Kier alpha value is -0.900. The third-order valence-corrected chi connectivity index (χ3v) is 3.95. The van der Waals surface area contributed by atoms with Gasteiger partial charge in [0.1, 0.15) is 0 Å². The summed E-state index contributed by atoms with van der Waals surface area (Å²) in [6.45, 7) is 3.82. The van der Waals surface area contributed by atoms with Crippen molar-refractivity contribution in [2.45, 2.75) is 32.0 Å². The van der Waals surface area contributed by atoms with Gasteiger partial charge in [-0.3, -0.25) is 4.99 Å². The number of nitrogens with one attached hydrogen (secondary N) is 2. The number of aliphatic imine (C=N–C) groups is 1. The van der Waals surface area contributed by atoms with E-state index in [9.17, 15) is 13.2 Å². The van der Waals surface area contributed by atoms with Crippen molar-refractivity contribution in [1.82, 2.24) is 10.6 Å². The second-order valence-electron chi connectivity index (χ2n) is 5.68. The number of hydrogen-bond donors (Lipinski definition) is 2. The molecule has 142 valence electrons. The normalized spacial score (nSPS) is 18.0. The average Bonchev–Trinajstić information content (AvgIpc) is 2.94. The van der Waals surface area contributed by atoms with Crippen molar-refractivity contribution in [2.75, 3.05) is 31.1 Å². The van der Waals surface area contributed by atoms with Gasteiger partial charge in [0.25, 0.3) is 0 Å². The molecule has 1 unspecified atom stereocenters. The van der Waals surface area contributed by atoms with Gasteiger partial charge in [0.2, 0.25) is 0 Å². The molecule has 1 fully saturated rings. The van der Waals surface area contributed by atoms with Crippen molar-refractivity contribution in [1.29, 1.82) is 0 Å². The monoisotopic (exact) mass is 490 g/mol. The van der Waals surface area contributed by atoms with E-state index >= 15 is 0 Å². The molecule has 1 aliphatic heterocycles. The fourth-order valence-electron chi connectivity index (χ4n) is 2.59. The molecule has 4 nitrogen and oxygen atoms in total. The number of halogens is 5. The number of rotatable bonds is 5. The molecule has 0 aliphatic carbocycles. The minimum Gasteiger partial charge on any atom is -0.369 e. The van der Waals surface area contributed by atoms with Gasteiger partial charge in [0.05, 0.1) is 13.0 Å². The molecule has 1 saturated heterocycles. The van der Waals surface area contributed by atoms with Gasteiger partial charge in [-0.2, -0.15) is 13.2 Å². The zero-order valence-electron chi connectivity index (χ0n) is 13.9. The minimum atomic E-state index is -4.18. The van der Waals surface area contributed by atoms with Crippen LogP contribution in [0.25, 0.3) is 0 Å². The Balaban J connectivity index is 0.00000312. The summed E-state index contributed by atoms with van der Waals surface area (Å²) in [6, 6.07) is 7.77. The molecule has 2 rings (SSSR count). The van der Waals surface area contributed by atoms with Crippen molar-refractivity contribution >= 4 is 47.2 Å². The molecule has 1 aromatic rings. The molecule has 9 heteroatoms. The van der Waals surface area contributed by atoms with Gasteiger partial charge < -0.3 is 15.5 Å². The van der Waals surface area contributed by atoms with Crippen molar-refractivity contribution in [3.63, 3.8) is 0 Å². The van der Waals surface area contributed by atoms with Crippen LogP contribution in [0.2, 0.25) is 5.02 Å². The van der Waals surface area contributed by atoms with Crippen LogP contribution in [-0.4, -0.2) is 44.4 Å². The van der Waals surface area contributed by atoms with Gasteiger partial charge in [-0.15, -0.1) is 24.0 Å². The standard InChI is InChI=1S/C16H22ClF3N4.HI/c1-2-21-15(22-8-7-16(18,19)20)23-13-6-9-24(11-13)14-5-3-4-12(17)10-14;/h3-5,10,13H,2,6-9,11H2,1H3,(H2,21,22,23);1H. The van der Waals surface area contributed by atoms with Gasteiger partial charge >= 0.3 is 6.18 Å². The fraction of sp³-hybridized carbons (Fsp3) is 0.562. The van der Waals surface area contributed by atoms with Crippen LogP contribution in [0.5, 0.6) is 0 Å². The minimum absolute atomic E-state index is 0. The summed E-state index contributed by atoms with van der Waals surface area (Å²) < 4.78 is 36.7. The van der Waals surface area contributed by atoms with Crippen molar-refractivity contribution in [2.24, 2.45) is 4.99 Å². The van der Waals surface area contributed by atoms with Crippen LogP contribution in [0.1, 0.15) is 19.8 Å². The van der Waals surface area contributed by atoms with E-state index in [2.05, 4.69) is 20.5 Å². The Morgan fingerprint density at radius 3 is 2.80 bits per heavy atom. The van der Waals surface area contributed by atoms with Gasteiger partial charge in [-0.25, -0.2) is 0 Å². The van der Waals surface area contributed by atoms with E-state index < -0.39 is 12.6 Å². The highest BCUT2D eigenvalue weighted by Gasteiger charge is 2.27. The smallest absolute Gasteiger partial charge is 0.369 e. The number of guanidine groups is 1. The lowest BCUT2D eigenvalue weighted by Crippen LogP contribution is -2.44. The van der Waals surface area contributed by atoms with Crippen LogP contribution in [0.4, 0.5) is 18.9 Å². The molecule has 2 N–H and O–H groups in total. The first kappa shape index (κ1) is 22.1. The number of alkyl halides is 3. The first-order valence-corrected chi connectivity index (χ1v) is 8.37. The molecule has 0 amide bonds. The fourth-order valence-corrected chi connectivity index (χ4v) is 2.78.